The van der Waals surface area contributed by atoms with Crippen LogP contribution in [0.5, 0.6) is 0 Å². The molecule has 0 bridgehead atoms. The normalized spacial score (nSPS) is 7.75. The first-order chi connectivity index (χ1) is 3.27. The van der Waals surface area contributed by atoms with Gasteiger partial charge in [-0.1, -0.05) is 0 Å². The van der Waals surface area contributed by atoms with Crippen LogP contribution in [0.25, 0.3) is 0 Å². The Bertz CT molecular complexity index is 65.4. The van der Waals surface area contributed by atoms with Crippen molar-refractivity contribution in [3.8, 4) is 0 Å². The van der Waals surface area contributed by atoms with E-state index in [0.29, 0.717) is 6.42 Å². The van der Waals surface area contributed by atoms with E-state index in [2.05, 4.69) is 5.32 Å². The topological polar surface area (TPSA) is 29.1 Å². The Morgan fingerprint density at radius 1 is 1.75 bits per heavy atom. The fourth-order valence-corrected chi connectivity index (χ4v) is 0.246. The fraction of sp³-hybridized carbons (Fsp3) is 0.600. The van der Waals surface area contributed by atoms with Crippen molar-refractivity contribution in [2.75, 3.05) is 7.05 Å². The third-order valence-corrected chi connectivity index (χ3v) is 0.594. The predicted octanol–water partition coefficient (Wildman–Crippen LogP) is 0.344. The van der Waals surface area contributed by atoms with E-state index in [1.807, 2.05) is 0 Å². The summed E-state index contributed by atoms with van der Waals surface area (Å²) < 4.78 is 0. The minimum absolute atomic E-state index is 0. The van der Waals surface area contributed by atoms with E-state index in [0.717, 1.165) is 0 Å². The van der Waals surface area contributed by atoms with E-state index in [1.54, 1.807) is 20.5 Å². The summed E-state index contributed by atoms with van der Waals surface area (Å²) in [4.78, 5) is 10.1. The first-order valence-corrected chi connectivity index (χ1v) is 2.25. The summed E-state index contributed by atoms with van der Waals surface area (Å²) in [5.41, 5.74) is 0. The third kappa shape index (κ3) is 9.88. The zero-order valence-corrected chi connectivity index (χ0v) is 8.11. The molecule has 0 amide bonds. The molecular weight excluding hydrogens is 179 g/mol. The quantitative estimate of drug-likeness (QED) is 0.648. The molecule has 0 rings (SSSR count). The Morgan fingerprint density at radius 3 is 2.38 bits per heavy atom. The number of ketones is 1. The molecule has 0 spiro atoms. The van der Waals surface area contributed by atoms with Gasteiger partial charge in [0.1, 0.15) is 5.78 Å². The van der Waals surface area contributed by atoms with Crippen LogP contribution in [0.1, 0.15) is 13.3 Å². The summed E-state index contributed by atoms with van der Waals surface area (Å²) in [5.74, 6) is 0.189. The maximum absolute atomic E-state index is 10.1. The van der Waals surface area contributed by atoms with Crippen LogP contribution in [-0.2, 0) is 37.5 Å². The van der Waals surface area contributed by atoms with Crippen LogP contribution >= 0.6 is 0 Å². The second kappa shape index (κ2) is 7.73. The van der Waals surface area contributed by atoms with Gasteiger partial charge in [0.2, 0.25) is 0 Å². The van der Waals surface area contributed by atoms with Crippen molar-refractivity contribution >= 4 is 5.78 Å². The molecule has 1 N–H and O–H groups in total. The number of nitrogens with one attached hydrogen (secondary N) is 1. The first kappa shape index (κ1) is 11.5. The van der Waals surface area contributed by atoms with Gasteiger partial charge < -0.3 is 10.1 Å². The molecule has 0 saturated heterocycles. The molecule has 0 aliphatic carbocycles. The number of hydrogen-bond donors (Lipinski definition) is 1. The van der Waals surface area contributed by atoms with E-state index < -0.39 is 0 Å². The molecule has 0 atom stereocenters. The number of rotatable bonds is 3. The van der Waals surface area contributed by atoms with Crippen LogP contribution in [-0.4, -0.2) is 12.8 Å². The Hall–Kier alpha value is 0.734. The van der Waals surface area contributed by atoms with Crippen molar-refractivity contribution in [3.05, 3.63) is 6.54 Å². The molecule has 0 heterocycles. The Labute approximate surface area is 75.3 Å². The first-order valence-electron chi connectivity index (χ1n) is 2.25. The van der Waals surface area contributed by atoms with E-state index in [4.69, 9.17) is 0 Å². The van der Waals surface area contributed by atoms with Crippen LogP contribution in [0.4, 0.5) is 0 Å². The average Bonchev–Trinajstić information content (AvgIpc) is 1.61. The van der Waals surface area contributed by atoms with Crippen molar-refractivity contribution in [1.82, 2.24) is 5.32 Å². The number of carbonyl (C=O) groups is 1. The molecule has 0 aliphatic heterocycles. The Kier molecular flexibility index (Phi) is 11.1. The molecule has 2 nitrogen and oxygen atoms in total. The van der Waals surface area contributed by atoms with E-state index in [-0.39, 0.29) is 38.5 Å². The predicted molar refractivity (Wildman–Crippen MR) is 28.7 cm³/mol. The largest absolute Gasteiger partial charge is 0.472 e. The van der Waals surface area contributed by atoms with Gasteiger partial charge >= 0.3 is 0 Å². The second-order valence-electron chi connectivity index (χ2n) is 1.40. The van der Waals surface area contributed by atoms with Gasteiger partial charge in [-0.3, -0.25) is 6.54 Å². The van der Waals surface area contributed by atoms with Crippen molar-refractivity contribution in [2.45, 2.75) is 13.3 Å². The SMILES string of the molecule is CN[CH-]CC(C)=O.[Y]. The molecule has 1 radical (unpaired) electrons. The summed E-state index contributed by atoms with van der Waals surface area (Å²) in [6.07, 6.45) is 0.524. The average molecular weight is 189 g/mol. The van der Waals surface area contributed by atoms with Gasteiger partial charge in [0.05, 0.1) is 0 Å². The minimum atomic E-state index is 0. The van der Waals surface area contributed by atoms with Gasteiger partial charge in [0, 0.05) is 32.7 Å². The summed E-state index contributed by atoms with van der Waals surface area (Å²) in [6.45, 7) is 3.29. The van der Waals surface area contributed by atoms with E-state index >= 15 is 0 Å². The van der Waals surface area contributed by atoms with Gasteiger partial charge in [0.25, 0.3) is 0 Å². The van der Waals surface area contributed by atoms with E-state index in [1.165, 1.54) is 0 Å². The van der Waals surface area contributed by atoms with Gasteiger partial charge in [-0.05, 0) is 14.0 Å². The number of carbonyl (C=O) groups excluding carboxylic acids is 1. The Morgan fingerprint density at radius 2 is 2.25 bits per heavy atom. The van der Waals surface area contributed by atoms with Crippen molar-refractivity contribution < 1.29 is 37.5 Å². The molecule has 0 aromatic rings. The zero-order chi connectivity index (χ0) is 5.70. The molecule has 0 unspecified atom stereocenters. The molecule has 0 saturated carbocycles. The van der Waals surface area contributed by atoms with Crippen molar-refractivity contribution in [1.29, 1.82) is 0 Å². The summed E-state index contributed by atoms with van der Waals surface area (Å²) in [5, 5.41) is 2.75. The van der Waals surface area contributed by atoms with E-state index in [9.17, 15) is 4.79 Å². The van der Waals surface area contributed by atoms with Gasteiger partial charge in [-0.25, -0.2) is 0 Å². The second-order valence-corrected chi connectivity index (χ2v) is 1.40. The molecular formula is C5H10NOY-. The molecule has 0 aromatic heterocycles. The number of Topliss-reactive ketones (excluding diaryl/α,β-unsaturated/α-hetero) is 1. The molecule has 0 aliphatic rings. The van der Waals surface area contributed by atoms with Crippen LogP contribution in [0.15, 0.2) is 0 Å². The van der Waals surface area contributed by atoms with Crippen molar-refractivity contribution in [3.63, 3.8) is 0 Å². The van der Waals surface area contributed by atoms with Gasteiger partial charge in [-0.15, -0.1) is 6.42 Å². The molecule has 0 aromatic carbocycles. The Balaban J connectivity index is 0. The van der Waals surface area contributed by atoms with Gasteiger partial charge in [-0.2, -0.15) is 0 Å². The monoisotopic (exact) mass is 189 g/mol. The summed E-state index contributed by atoms with van der Waals surface area (Å²) in [6, 6.07) is 0. The molecule has 45 valence electrons. The van der Waals surface area contributed by atoms with Crippen LogP contribution in [0.3, 0.4) is 0 Å². The molecule has 0 fully saturated rings. The maximum atomic E-state index is 10.1. The third-order valence-electron chi connectivity index (χ3n) is 0.594. The summed E-state index contributed by atoms with van der Waals surface area (Å²) in [7, 11) is 1.78. The fourth-order valence-electron chi connectivity index (χ4n) is 0.246. The van der Waals surface area contributed by atoms with Crippen molar-refractivity contribution in [2.24, 2.45) is 0 Å². The van der Waals surface area contributed by atoms with Crippen LogP contribution in [0, 0.1) is 6.54 Å². The minimum Gasteiger partial charge on any atom is -0.472 e. The standard InChI is InChI=1S/C5H10NO.Y/c1-5(7)3-4-6-2;/h4,6H,3H2,1-2H3;/q-1;. The molecule has 8 heavy (non-hydrogen) atoms. The molecule has 3 heteroatoms. The smallest absolute Gasteiger partial charge is 0.101 e. The van der Waals surface area contributed by atoms with Gasteiger partial charge in [0.15, 0.2) is 0 Å². The maximum Gasteiger partial charge on any atom is 0.101 e. The summed E-state index contributed by atoms with van der Waals surface area (Å²) >= 11 is 0. The number of hydrogen-bond acceptors (Lipinski definition) is 2. The van der Waals surface area contributed by atoms with Crippen LogP contribution in [0.2, 0.25) is 0 Å². The zero-order valence-electron chi connectivity index (χ0n) is 5.27. The van der Waals surface area contributed by atoms with Crippen LogP contribution < -0.4 is 5.32 Å².